The van der Waals surface area contributed by atoms with Gasteiger partial charge in [0.25, 0.3) is 0 Å². The van der Waals surface area contributed by atoms with Crippen LogP contribution in [0.1, 0.15) is 30.7 Å². The zero-order chi connectivity index (χ0) is 14.9. The summed E-state index contributed by atoms with van der Waals surface area (Å²) in [6, 6.07) is 7.41. The summed E-state index contributed by atoms with van der Waals surface area (Å²) in [7, 11) is 0. The molecule has 1 aromatic carbocycles. The Labute approximate surface area is 116 Å². The molecule has 4 heteroatoms. The van der Waals surface area contributed by atoms with Crippen LogP contribution in [0.15, 0.2) is 34.7 Å². The highest BCUT2D eigenvalue weighted by Crippen LogP contribution is 2.33. The molecule has 1 heterocycles. The van der Waals surface area contributed by atoms with Crippen LogP contribution >= 0.6 is 0 Å². The SMILES string of the molecule is Cc1cc(C(F)(F)F)ccc1-c1ccc(CC(C)C)o1. The van der Waals surface area contributed by atoms with Crippen LogP contribution in [-0.2, 0) is 12.6 Å². The topological polar surface area (TPSA) is 13.1 Å². The molecule has 0 atom stereocenters. The van der Waals surface area contributed by atoms with Crippen LogP contribution in [0.5, 0.6) is 0 Å². The number of halogens is 3. The largest absolute Gasteiger partial charge is 0.461 e. The predicted molar refractivity (Wildman–Crippen MR) is 72.4 cm³/mol. The lowest BCUT2D eigenvalue weighted by Gasteiger charge is -2.09. The molecule has 0 N–H and O–H groups in total. The van der Waals surface area contributed by atoms with E-state index >= 15 is 0 Å². The number of aryl methyl sites for hydroxylation is 1. The van der Waals surface area contributed by atoms with Gasteiger partial charge in [0.1, 0.15) is 11.5 Å². The molecule has 0 aliphatic rings. The van der Waals surface area contributed by atoms with Crippen molar-refractivity contribution in [2.75, 3.05) is 0 Å². The average molecular weight is 282 g/mol. The third-order valence-corrected chi connectivity index (χ3v) is 3.09. The van der Waals surface area contributed by atoms with E-state index in [4.69, 9.17) is 4.42 Å². The summed E-state index contributed by atoms with van der Waals surface area (Å²) < 4.78 is 43.6. The molecular weight excluding hydrogens is 265 g/mol. The number of alkyl halides is 3. The summed E-state index contributed by atoms with van der Waals surface area (Å²) in [6.07, 6.45) is -3.49. The van der Waals surface area contributed by atoms with Gasteiger partial charge < -0.3 is 4.42 Å². The first-order chi connectivity index (χ1) is 9.27. The molecule has 0 spiro atoms. The van der Waals surface area contributed by atoms with Gasteiger partial charge in [-0.1, -0.05) is 19.9 Å². The number of furan rings is 1. The zero-order valence-electron chi connectivity index (χ0n) is 11.7. The van der Waals surface area contributed by atoms with E-state index in [-0.39, 0.29) is 0 Å². The summed E-state index contributed by atoms with van der Waals surface area (Å²) >= 11 is 0. The fraction of sp³-hybridized carbons (Fsp3) is 0.375. The van der Waals surface area contributed by atoms with Crippen LogP contribution in [-0.4, -0.2) is 0 Å². The molecular formula is C16H17F3O. The van der Waals surface area contributed by atoms with E-state index in [0.717, 1.165) is 24.3 Å². The predicted octanol–water partition coefficient (Wildman–Crippen LogP) is 5.47. The Morgan fingerprint density at radius 2 is 1.80 bits per heavy atom. The number of rotatable bonds is 3. The molecule has 1 aromatic heterocycles. The summed E-state index contributed by atoms with van der Waals surface area (Å²) in [5, 5.41) is 0. The molecule has 0 saturated heterocycles. The van der Waals surface area contributed by atoms with Gasteiger partial charge in [-0.15, -0.1) is 0 Å². The molecule has 0 aliphatic carbocycles. The number of hydrogen-bond acceptors (Lipinski definition) is 1. The van der Waals surface area contributed by atoms with Crippen LogP contribution in [0.3, 0.4) is 0 Å². The van der Waals surface area contributed by atoms with Crippen LogP contribution in [0, 0.1) is 12.8 Å². The van der Waals surface area contributed by atoms with Crippen molar-refractivity contribution in [3.63, 3.8) is 0 Å². The van der Waals surface area contributed by atoms with Crippen molar-refractivity contribution in [2.24, 2.45) is 5.92 Å². The van der Waals surface area contributed by atoms with E-state index in [2.05, 4.69) is 13.8 Å². The van der Waals surface area contributed by atoms with E-state index in [1.807, 2.05) is 12.1 Å². The highest BCUT2D eigenvalue weighted by molar-refractivity contribution is 5.62. The van der Waals surface area contributed by atoms with Crippen molar-refractivity contribution in [1.82, 2.24) is 0 Å². The van der Waals surface area contributed by atoms with Gasteiger partial charge in [0.15, 0.2) is 0 Å². The highest BCUT2D eigenvalue weighted by atomic mass is 19.4. The van der Waals surface area contributed by atoms with E-state index < -0.39 is 11.7 Å². The first kappa shape index (κ1) is 14.7. The fourth-order valence-electron chi connectivity index (χ4n) is 2.15. The Morgan fingerprint density at radius 1 is 1.10 bits per heavy atom. The molecule has 108 valence electrons. The van der Waals surface area contributed by atoms with E-state index in [9.17, 15) is 13.2 Å². The molecule has 20 heavy (non-hydrogen) atoms. The maximum atomic E-state index is 12.6. The molecule has 0 saturated carbocycles. The molecule has 0 amide bonds. The van der Waals surface area contributed by atoms with Gasteiger partial charge >= 0.3 is 6.18 Å². The standard InChI is InChI=1S/C16H17F3O/c1-10(2)8-13-5-7-15(20-13)14-6-4-12(9-11(14)3)16(17,18)19/h4-7,9-10H,8H2,1-3H3. The quantitative estimate of drug-likeness (QED) is 0.727. The first-order valence-corrected chi connectivity index (χ1v) is 6.54. The van der Waals surface area contributed by atoms with Gasteiger partial charge in [-0.05, 0) is 42.7 Å². The van der Waals surface area contributed by atoms with Crippen molar-refractivity contribution in [2.45, 2.75) is 33.4 Å². The monoisotopic (exact) mass is 282 g/mol. The van der Waals surface area contributed by atoms with Gasteiger partial charge in [0, 0.05) is 12.0 Å². The summed E-state index contributed by atoms with van der Waals surface area (Å²) in [4.78, 5) is 0. The molecule has 2 aromatic rings. The molecule has 0 fully saturated rings. The summed E-state index contributed by atoms with van der Waals surface area (Å²) in [5.74, 6) is 1.95. The van der Waals surface area contributed by atoms with Gasteiger partial charge in [-0.3, -0.25) is 0 Å². The van der Waals surface area contributed by atoms with Gasteiger partial charge in [0.2, 0.25) is 0 Å². The summed E-state index contributed by atoms with van der Waals surface area (Å²) in [5.41, 5.74) is 0.631. The van der Waals surface area contributed by atoms with Crippen molar-refractivity contribution < 1.29 is 17.6 Å². The molecule has 0 radical (unpaired) electrons. The molecule has 1 nitrogen and oxygen atoms in total. The summed E-state index contributed by atoms with van der Waals surface area (Å²) in [6.45, 7) is 5.84. The maximum Gasteiger partial charge on any atom is 0.416 e. The molecule has 0 bridgehead atoms. The lowest BCUT2D eigenvalue weighted by molar-refractivity contribution is -0.137. The van der Waals surface area contributed by atoms with Crippen molar-refractivity contribution >= 4 is 0 Å². The molecule has 0 unspecified atom stereocenters. The minimum absolute atomic E-state index is 0.475. The third kappa shape index (κ3) is 3.24. The Kier molecular flexibility index (Phi) is 3.93. The van der Waals surface area contributed by atoms with Crippen LogP contribution in [0.25, 0.3) is 11.3 Å². The van der Waals surface area contributed by atoms with E-state index in [1.165, 1.54) is 6.07 Å². The minimum Gasteiger partial charge on any atom is -0.461 e. The molecule has 2 rings (SSSR count). The number of benzene rings is 1. The maximum absolute atomic E-state index is 12.6. The second-order valence-corrected chi connectivity index (χ2v) is 5.39. The number of hydrogen-bond donors (Lipinski definition) is 0. The Bertz CT molecular complexity index is 594. The Balaban J connectivity index is 2.31. The second-order valence-electron chi connectivity index (χ2n) is 5.39. The average Bonchev–Trinajstić information content (AvgIpc) is 2.75. The first-order valence-electron chi connectivity index (χ1n) is 6.54. The highest BCUT2D eigenvalue weighted by Gasteiger charge is 2.30. The van der Waals surface area contributed by atoms with Crippen LogP contribution < -0.4 is 0 Å². The normalized spacial score (nSPS) is 12.2. The zero-order valence-corrected chi connectivity index (χ0v) is 11.7. The van der Waals surface area contributed by atoms with Crippen LogP contribution in [0.2, 0.25) is 0 Å². The minimum atomic E-state index is -4.31. The third-order valence-electron chi connectivity index (χ3n) is 3.09. The van der Waals surface area contributed by atoms with Gasteiger partial charge in [-0.25, -0.2) is 0 Å². The van der Waals surface area contributed by atoms with E-state index in [0.29, 0.717) is 22.8 Å². The lowest BCUT2D eigenvalue weighted by atomic mass is 10.0. The second kappa shape index (κ2) is 5.35. The van der Waals surface area contributed by atoms with Gasteiger partial charge in [0.05, 0.1) is 5.56 Å². The van der Waals surface area contributed by atoms with Crippen LogP contribution in [0.4, 0.5) is 13.2 Å². The van der Waals surface area contributed by atoms with Crippen molar-refractivity contribution in [3.05, 3.63) is 47.2 Å². The molecule has 0 aliphatic heterocycles. The Morgan fingerprint density at radius 3 is 2.35 bits per heavy atom. The van der Waals surface area contributed by atoms with E-state index in [1.54, 1.807) is 6.92 Å². The fourth-order valence-corrected chi connectivity index (χ4v) is 2.15. The Hall–Kier alpha value is -1.71. The van der Waals surface area contributed by atoms with Crippen molar-refractivity contribution in [1.29, 1.82) is 0 Å². The van der Waals surface area contributed by atoms with Crippen molar-refractivity contribution in [3.8, 4) is 11.3 Å². The smallest absolute Gasteiger partial charge is 0.416 e. The lowest BCUT2D eigenvalue weighted by Crippen LogP contribution is -2.05. The van der Waals surface area contributed by atoms with Gasteiger partial charge in [-0.2, -0.15) is 13.2 Å².